The van der Waals surface area contributed by atoms with Crippen molar-refractivity contribution < 1.29 is 13.5 Å². The molecule has 94 valence electrons. The van der Waals surface area contributed by atoms with E-state index in [0.717, 1.165) is 25.8 Å². The van der Waals surface area contributed by atoms with Gasteiger partial charge in [0.25, 0.3) is 6.43 Å². The Labute approximate surface area is 95.7 Å². The van der Waals surface area contributed by atoms with Crippen molar-refractivity contribution in [1.29, 1.82) is 0 Å². The molecule has 4 heteroatoms. The molecule has 2 unspecified atom stereocenters. The second kappa shape index (κ2) is 4.96. The van der Waals surface area contributed by atoms with Crippen LogP contribution in [0.15, 0.2) is 0 Å². The predicted molar refractivity (Wildman–Crippen MR) is 58.7 cm³/mol. The Morgan fingerprint density at radius 1 is 1.38 bits per heavy atom. The third-order valence-electron chi connectivity index (χ3n) is 4.19. The molecule has 0 amide bonds. The molecule has 2 fully saturated rings. The van der Waals surface area contributed by atoms with E-state index < -0.39 is 13.0 Å². The maximum absolute atomic E-state index is 12.1. The summed E-state index contributed by atoms with van der Waals surface area (Å²) in [6.07, 6.45) is 3.34. The van der Waals surface area contributed by atoms with Crippen LogP contribution < -0.4 is 5.32 Å². The van der Waals surface area contributed by atoms with E-state index in [2.05, 4.69) is 12.2 Å². The first-order chi connectivity index (χ1) is 7.69. The highest BCUT2D eigenvalue weighted by molar-refractivity contribution is 5.09. The molecule has 2 aliphatic rings. The van der Waals surface area contributed by atoms with Gasteiger partial charge in [-0.1, -0.05) is 19.8 Å². The van der Waals surface area contributed by atoms with Crippen LogP contribution in [-0.4, -0.2) is 31.7 Å². The molecule has 0 aliphatic heterocycles. The van der Waals surface area contributed by atoms with Crippen molar-refractivity contribution in [3.05, 3.63) is 0 Å². The lowest BCUT2D eigenvalue weighted by Gasteiger charge is -2.54. The molecule has 16 heavy (non-hydrogen) atoms. The van der Waals surface area contributed by atoms with Crippen LogP contribution in [0.5, 0.6) is 0 Å². The number of halogens is 2. The van der Waals surface area contributed by atoms with Gasteiger partial charge in [0.15, 0.2) is 0 Å². The number of alkyl halides is 2. The zero-order valence-corrected chi connectivity index (χ0v) is 9.85. The van der Waals surface area contributed by atoms with Crippen molar-refractivity contribution in [2.45, 2.75) is 57.6 Å². The molecule has 0 saturated heterocycles. The zero-order chi connectivity index (χ0) is 11.6. The fourth-order valence-electron chi connectivity index (χ4n) is 3.41. The monoisotopic (exact) mass is 233 g/mol. The number of rotatable bonds is 5. The highest BCUT2D eigenvalue weighted by Gasteiger charge is 2.56. The molecule has 0 aromatic carbocycles. The SMILES string of the molecule is CCNC1CC(OCC(F)F)C12CCCC2. The summed E-state index contributed by atoms with van der Waals surface area (Å²) in [6, 6.07) is 0.489. The van der Waals surface area contributed by atoms with Gasteiger partial charge in [-0.3, -0.25) is 0 Å². The van der Waals surface area contributed by atoms with Crippen LogP contribution in [0.1, 0.15) is 39.0 Å². The number of nitrogens with one attached hydrogen (secondary N) is 1. The lowest BCUT2D eigenvalue weighted by molar-refractivity contribution is -0.152. The molecule has 1 N–H and O–H groups in total. The minimum absolute atomic E-state index is 0.0630. The van der Waals surface area contributed by atoms with Crippen molar-refractivity contribution >= 4 is 0 Å². The van der Waals surface area contributed by atoms with Gasteiger partial charge in [-0.25, -0.2) is 8.78 Å². The maximum Gasteiger partial charge on any atom is 0.261 e. The Morgan fingerprint density at radius 3 is 2.62 bits per heavy atom. The molecule has 2 aliphatic carbocycles. The Morgan fingerprint density at radius 2 is 2.06 bits per heavy atom. The summed E-state index contributed by atoms with van der Waals surface area (Å²) in [6.45, 7) is 2.65. The zero-order valence-electron chi connectivity index (χ0n) is 9.85. The van der Waals surface area contributed by atoms with Gasteiger partial charge >= 0.3 is 0 Å². The van der Waals surface area contributed by atoms with Crippen LogP contribution in [0.3, 0.4) is 0 Å². The maximum atomic E-state index is 12.1. The van der Waals surface area contributed by atoms with Gasteiger partial charge in [0, 0.05) is 11.5 Å². The molecule has 0 aromatic rings. The van der Waals surface area contributed by atoms with Crippen molar-refractivity contribution in [2.75, 3.05) is 13.2 Å². The van der Waals surface area contributed by atoms with E-state index in [4.69, 9.17) is 4.74 Å². The van der Waals surface area contributed by atoms with E-state index in [0.29, 0.717) is 6.04 Å². The first-order valence-electron chi connectivity index (χ1n) is 6.32. The van der Waals surface area contributed by atoms with E-state index in [1.54, 1.807) is 0 Å². The summed E-state index contributed by atoms with van der Waals surface area (Å²) in [5.41, 5.74) is 0.172. The summed E-state index contributed by atoms with van der Waals surface area (Å²) < 4.78 is 29.6. The van der Waals surface area contributed by atoms with Crippen LogP contribution in [0.25, 0.3) is 0 Å². The molecule has 0 radical (unpaired) electrons. The fraction of sp³-hybridized carbons (Fsp3) is 1.00. The van der Waals surface area contributed by atoms with E-state index in [-0.39, 0.29) is 11.5 Å². The minimum atomic E-state index is -2.34. The second-order valence-electron chi connectivity index (χ2n) is 5.00. The average molecular weight is 233 g/mol. The van der Waals surface area contributed by atoms with E-state index in [1.807, 2.05) is 0 Å². The van der Waals surface area contributed by atoms with Crippen molar-refractivity contribution in [3.8, 4) is 0 Å². The van der Waals surface area contributed by atoms with Gasteiger partial charge in [0.1, 0.15) is 6.61 Å². The summed E-state index contributed by atoms with van der Waals surface area (Å²) >= 11 is 0. The van der Waals surface area contributed by atoms with Gasteiger partial charge in [-0.05, 0) is 25.8 Å². The average Bonchev–Trinajstić information content (AvgIpc) is 2.73. The minimum Gasteiger partial charge on any atom is -0.372 e. The molecule has 1 spiro atoms. The highest BCUT2D eigenvalue weighted by atomic mass is 19.3. The predicted octanol–water partition coefficient (Wildman–Crippen LogP) is 2.58. The van der Waals surface area contributed by atoms with Crippen LogP contribution in [0, 0.1) is 5.41 Å². The molecule has 2 nitrogen and oxygen atoms in total. The summed E-state index contributed by atoms with van der Waals surface area (Å²) in [7, 11) is 0. The van der Waals surface area contributed by atoms with Crippen molar-refractivity contribution in [3.63, 3.8) is 0 Å². The highest BCUT2D eigenvalue weighted by Crippen LogP contribution is 2.54. The first-order valence-corrected chi connectivity index (χ1v) is 6.32. The molecule has 0 heterocycles. The van der Waals surface area contributed by atoms with E-state index in [1.165, 1.54) is 12.8 Å². The number of hydrogen-bond donors (Lipinski definition) is 1. The number of ether oxygens (including phenoxy) is 1. The topological polar surface area (TPSA) is 21.3 Å². The standard InChI is InChI=1S/C12H21F2NO/c1-2-15-9-7-10(16-8-11(13)14)12(9)5-3-4-6-12/h9-11,15H,2-8H2,1H3. The van der Waals surface area contributed by atoms with Crippen molar-refractivity contribution in [2.24, 2.45) is 5.41 Å². The summed E-state index contributed by atoms with van der Waals surface area (Å²) in [4.78, 5) is 0. The van der Waals surface area contributed by atoms with Crippen LogP contribution in [-0.2, 0) is 4.74 Å². The smallest absolute Gasteiger partial charge is 0.261 e. The molecule has 0 bridgehead atoms. The largest absolute Gasteiger partial charge is 0.372 e. The molecule has 2 atom stereocenters. The van der Waals surface area contributed by atoms with Gasteiger partial charge in [-0.2, -0.15) is 0 Å². The first kappa shape index (κ1) is 12.2. The van der Waals surface area contributed by atoms with Gasteiger partial charge in [-0.15, -0.1) is 0 Å². The fourth-order valence-corrected chi connectivity index (χ4v) is 3.41. The molecular weight excluding hydrogens is 212 g/mol. The normalized spacial score (nSPS) is 32.2. The van der Waals surface area contributed by atoms with Crippen LogP contribution in [0.2, 0.25) is 0 Å². The van der Waals surface area contributed by atoms with E-state index >= 15 is 0 Å². The van der Waals surface area contributed by atoms with Crippen molar-refractivity contribution in [1.82, 2.24) is 5.32 Å². The Bertz CT molecular complexity index is 229. The third kappa shape index (κ3) is 2.09. The summed E-state index contributed by atoms with van der Waals surface area (Å²) in [5.74, 6) is 0. The number of hydrogen-bond acceptors (Lipinski definition) is 2. The Kier molecular flexibility index (Phi) is 3.80. The lowest BCUT2D eigenvalue weighted by Crippen LogP contribution is -2.62. The van der Waals surface area contributed by atoms with Crippen LogP contribution in [0.4, 0.5) is 8.78 Å². The van der Waals surface area contributed by atoms with E-state index in [9.17, 15) is 8.78 Å². The van der Waals surface area contributed by atoms with Gasteiger partial charge in [0.05, 0.1) is 6.10 Å². The second-order valence-corrected chi connectivity index (χ2v) is 5.00. The molecular formula is C12H21F2NO. The quantitative estimate of drug-likeness (QED) is 0.788. The lowest BCUT2D eigenvalue weighted by atomic mass is 9.60. The summed E-state index contributed by atoms with van der Waals surface area (Å²) in [5, 5.41) is 3.46. The Balaban J connectivity index is 1.90. The molecule has 2 saturated carbocycles. The molecule has 0 aromatic heterocycles. The third-order valence-corrected chi connectivity index (χ3v) is 4.19. The Hall–Kier alpha value is -0.220. The van der Waals surface area contributed by atoms with Gasteiger partial charge < -0.3 is 10.1 Å². The van der Waals surface area contributed by atoms with Gasteiger partial charge in [0.2, 0.25) is 0 Å². The molecule has 2 rings (SSSR count). The van der Waals surface area contributed by atoms with Crippen LogP contribution >= 0.6 is 0 Å².